The third-order valence-electron chi connectivity index (χ3n) is 12.6. The molecule has 3 aliphatic heterocycles. The number of benzene rings is 5. The van der Waals surface area contributed by atoms with Gasteiger partial charge in [0, 0.05) is 0 Å². The summed E-state index contributed by atoms with van der Waals surface area (Å²) in [5.74, 6) is -3.89. The van der Waals surface area contributed by atoms with E-state index in [9.17, 15) is 4.79 Å². The van der Waals surface area contributed by atoms with Gasteiger partial charge in [0.2, 0.25) is 0 Å². The molecule has 3 fully saturated rings. The first-order valence-electron chi connectivity index (χ1n) is 23.1. The second-order valence-corrected chi connectivity index (χ2v) is 19.9. The summed E-state index contributed by atoms with van der Waals surface area (Å²) in [5.41, 5.74) is 3.88. The van der Waals surface area contributed by atoms with Crippen LogP contribution in [0.1, 0.15) is 36.1 Å². The molecule has 0 aromatic heterocycles. The van der Waals surface area contributed by atoms with E-state index in [-0.39, 0.29) is 48.0 Å². The van der Waals surface area contributed by atoms with Crippen LogP contribution in [0.2, 0.25) is 0 Å². The molecule has 13 nitrogen and oxygen atoms in total. The summed E-state index contributed by atoms with van der Waals surface area (Å²) < 4.78 is 80.8. The van der Waals surface area contributed by atoms with Crippen molar-refractivity contribution in [2.24, 2.45) is 0 Å². The summed E-state index contributed by atoms with van der Waals surface area (Å²) in [7, 11) is 3.04. The van der Waals surface area contributed by atoms with E-state index in [0.29, 0.717) is 6.61 Å². The summed E-state index contributed by atoms with van der Waals surface area (Å²) in [5, 5.41) is -0.574. The molecule has 0 saturated carbocycles. The van der Waals surface area contributed by atoms with Crippen molar-refractivity contribution in [1.82, 2.24) is 0 Å². The third-order valence-corrected chi connectivity index (χ3v) is 15.2. The molecule has 69 heavy (non-hydrogen) atoms. The Balaban J connectivity index is 1.15. The number of alkyl halides is 1. The van der Waals surface area contributed by atoms with E-state index in [1.54, 1.807) is 13.8 Å². The van der Waals surface area contributed by atoms with Crippen LogP contribution < -0.4 is 4.46 Å². The number of methoxy groups -OCH3 is 2. The van der Waals surface area contributed by atoms with Crippen LogP contribution in [0.5, 0.6) is 0 Å². The van der Waals surface area contributed by atoms with Crippen molar-refractivity contribution < 1.29 is 61.6 Å². The van der Waals surface area contributed by atoms with E-state index in [4.69, 9.17) is 68.4 Å². The van der Waals surface area contributed by atoms with Crippen LogP contribution in [0.15, 0.2) is 152 Å². The normalized spacial score (nSPS) is 30.0. The number of carbonyl (C=O) groups is 1. The van der Waals surface area contributed by atoms with Crippen molar-refractivity contribution in [3.05, 3.63) is 174 Å². The number of halogens is 1. The topological polar surface area (TPSA) is 128 Å². The van der Waals surface area contributed by atoms with Crippen molar-refractivity contribution in [3.63, 3.8) is 0 Å². The minimum atomic E-state index is -1.44. The van der Waals surface area contributed by atoms with Gasteiger partial charge in [-0.3, -0.25) is 0 Å². The number of ether oxygens (including phenoxy) is 12. The van der Waals surface area contributed by atoms with Crippen LogP contribution in [0.4, 0.5) is 0 Å². The van der Waals surface area contributed by atoms with Gasteiger partial charge in [-0.1, -0.05) is 84.9 Å². The average molecular weight is 1030 g/mol. The Morgan fingerprint density at radius 3 is 1.49 bits per heavy atom. The van der Waals surface area contributed by atoms with E-state index in [1.807, 2.05) is 152 Å². The number of hydrogen-bond acceptors (Lipinski definition) is 13. The first-order valence-corrected chi connectivity index (χ1v) is 25.5. The predicted octanol–water partition coefficient (Wildman–Crippen LogP) is 7.12. The molecule has 5 aromatic carbocycles. The summed E-state index contributed by atoms with van der Waals surface area (Å²) in [6, 6.07) is 49.7. The van der Waals surface area contributed by atoms with Crippen LogP contribution in [0, 0.1) is 0 Å². The van der Waals surface area contributed by atoms with Crippen molar-refractivity contribution in [2.45, 2.75) is 112 Å². The number of fused-ring (bicyclic) bond motifs is 1. The molecule has 3 heterocycles. The Morgan fingerprint density at radius 2 is 0.986 bits per heavy atom. The Kier molecular flexibility index (Phi) is 18.5. The van der Waals surface area contributed by atoms with Crippen molar-refractivity contribution >= 4 is 37.0 Å². The second kappa shape index (κ2) is 24.9. The molecule has 8 rings (SSSR count). The van der Waals surface area contributed by atoms with E-state index in [1.165, 1.54) is 14.2 Å². The quantitative estimate of drug-likeness (QED) is 0.0397. The zero-order chi connectivity index (χ0) is 48.1. The molecular formula is C54H61ClO13Se. The Hall–Kier alpha value is -4.06. The molecule has 0 aliphatic carbocycles. The number of rotatable bonds is 22. The van der Waals surface area contributed by atoms with E-state index < -0.39 is 83.5 Å². The Morgan fingerprint density at radius 1 is 0.536 bits per heavy atom. The molecule has 0 bridgehead atoms. The van der Waals surface area contributed by atoms with Gasteiger partial charge in [0.1, 0.15) is 0 Å². The van der Waals surface area contributed by atoms with Gasteiger partial charge in [-0.15, -0.1) is 0 Å². The SMILES string of the molecule is CO[C@]1(C)O[C@H]2[C@@H](OC(=O)CCl)[C@@H](CO[C@H]3O[C@H](COCc4ccccc4)[C@H](OCc4ccccc4)[C@H](OCc4ccccc4)[C@H]3OCc3ccccc3)O[C@@H]([Se]c3ccccc3)[C@@H]2O[C@@]1(C)OC. The molecule has 12 atom stereocenters. The monoisotopic (exact) mass is 1030 g/mol. The van der Waals surface area contributed by atoms with Gasteiger partial charge in [-0.05, 0) is 0 Å². The van der Waals surface area contributed by atoms with Gasteiger partial charge in [-0.25, -0.2) is 0 Å². The predicted molar refractivity (Wildman–Crippen MR) is 257 cm³/mol. The van der Waals surface area contributed by atoms with E-state index in [0.717, 1.165) is 26.7 Å². The summed E-state index contributed by atoms with van der Waals surface area (Å²) >= 11 is 5.77. The molecule has 0 amide bonds. The molecule has 0 radical (unpaired) electrons. The number of hydrogen-bond donors (Lipinski definition) is 0. The van der Waals surface area contributed by atoms with E-state index in [2.05, 4.69) is 0 Å². The van der Waals surface area contributed by atoms with Gasteiger partial charge in [0.15, 0.2) is 0 Å². The van der Waals surface area contributed by atoms with Gasteiger partial charge in [0.05, 0.1) is 0 Å². The maximum atomic E-state index is 13.3. The summed E-state index contributed by atoms with van der Waals surface area (Å²) in [4.78, 5) is 13.3. The van der Waals surface area contributed by atoms with Crippen LogP contribution in [0.25, 0.3) is 0 Å². The van der Waals surface area contributed by atoms with Crippen LogP contribution in [-0.2, 0) is 88.1 Å². The van der Waals surface area contributed by atoms with Gasteiger partial charge in [-0.2, -0.15) is 0 Å². The Bertz CT molecular complexity index is 2290. The van der Waals surface area contributed by atoms with Crippen molar-refractivity contribution in [2.75, 3.05) is 33.3 Å². The molecular weight excluding hydrogens is 971 g/mol. The fraction of sp³-hybridized carbons (Fsp3) is 0.426. The molecule has 0 unspecified atom stereocenters. The van der Waals surface area contributed by atoms with E-state index >= 15 is 0 Å². The van der Waals surface area contributed by atoms with Gasteiger partial charge in [0.25, 0.3) is 0 Å². The second-order valence-electron chi connectivity index (χ2n) is 17.2. The average Bonchev–Trinajstić information content (AvgIpc) is 3.39. The summed E-state index contributed by atoms with van der Waals surface area (Å²) in [6.07, 6.45) is -7.76. The first kappa shape index (κ1) is 51.3. The molecule has 3 aliphatic rings. The zero-order valence-corrected chi connectivity index (χ0v) is 41.7. The molecule has 15 heteroatoms. The number of esters is 1. The van der Waals surface area contributed by atoms with Gasteiger partial charge >= 0.3 is 333 Å². The summed E-state index contributed by atoms with van der Waals surface area (Å²) in [6.45, 7) is 4.52. The van der Waals surface area contributed by atoms with Crippen LogP contribution in [-0.4, -0.2) is 126 Å². The molecule has 3 saturated heterocycles. The molecule has 5 aromatic rings. The molecule has 0 spiro atoms. The maximum absolute atomic E-state index is 13.3. The van der Waals surface area contributed by atoms with Crippen LogP contribution >= 0.6 is 11.6 Å². The third kappa shape index (κ3) is 13.1. The van der Waals surface area contributed by atoms with Gasteiger partial charge < -0.3 is 0 Å². The zero-order valence-electron chi connectivity index (χ0n) is 39.3. The number of carbonyl (C=O) groups excluding carboxylic acids is 1. The van der Waals surface area contributed by atoms with Crippen molar-refractivity contribution in [1.29, 1.82) is 0 Å². The van der Waals surface area contributed by atoms with Crippen LogP contribution in [0.3, 0.4) is 0 Å². The standard InChI is InChI=1S/C54H61ClO13Se/c1-53(57-3)54(2,58-4)68-50-48(67-53)46(66-44(56)30-55)43(65-52(50)69-41-28-18-9-19-29-41)36-63-51-49(62-34-40-26-16-8-17-27-40)47(61-33-39-24-14-7-15-25-39)45(60-32-38-22-12-6-13-23-38)42(64-51)35-59-31-37-20-10-5-11-21-37/h5-29,42-43,45-52H,30-36H2,1-4H3/t42-,43-,45+,46+,47+,48+,49-,50-,51+,52+,53-,54-/m1/s1. The van der Waals surface area contributed by atoms with Crippen molar-refractivity contribution in [3.8, 4) is 0 Å². The Labute approximate surface area is 416 Å². The fourth-order valence-corrected chi connectivity index (χ4v) is 11.0. The first-order chi connectivity index (χ1) is 33.7. The fourth-order valence-electron chi connectivity index (χ4n) is 8.60. The molecule has 368 valence electrons. The minimum absolute atomic E-state index is 0.130. The molecule has 0 N–H and O–H groups in total.